The molecule has 1 aliphatic rings. The highest BCUT2D eigenvalue weighted by Crippen LogP contribution is 2.20. The highest BCUT2D eigenvalue weighted by Gasteiger charge is 2.18. The van der Waals surface area contributed by atoms with E-state index in [1.807, 2.05) is 11.1 Å². The molecule has 0 spiro atoms. The zero-order valence-electron chi connectivity index (χ0n) is 17.3. The van der Waals surface area contributed by atoms with Crippen LogP contribution < -0.4 is 4.90 Å². The zero-order valence-corrected chi connectivity index (χ0v) is 18.9. The van der Waals surface area contributed by atoms with E-state index in [4.69, 9.17) is 4.55 Å². The van der Waals surface area contributed by atoms with Crippen LogP contribution in [0.5, 0.6) is 0 Å². The number of piperazine rings is 1. The van der Waals surface area contributed by atoms with Crippen LogP contribution in [0.2, 0.25) is 0 Å². The second kappa shape index (κ2) is 10.4. The van der Waals surface area contributed by atoms with Crippen molar-refractivity contribution in [3.8, 4) is 0 Å². The van der Waals surface area contributed by atoms with Crippen LogP contribution in [0.4, 0.5) is 5.69 Å². The Hall–Kier alpha value is -1.97. The van der Waals surface area contributed by atoms with Crippen LogP contribution in [-0.4, -0.2) is 60.7 Å². The maximum Gasteiger partial charge on any atom is 0.264 e. The number of aromatic nitrogens is 1. The maximum atomic E-state index is 11.4. The quantitative estimate of drug-likeness (QED) is 0.466. The van der Waals surface area contributed by atoms with Gasteiger partial charge in [-0.05, 0) is 61.2 Å². The molecule has 7 nitrogen and oxygen atoms in total. The zero-order chi connectivity index (χ0) is 21.6. The first-order valence-electron chi connectivity index (χ1n) is 10.3. The third-order valence-corrected chi connectivity index (χ3v) is 7.20. The molecular formula is C21H29N3O4S2. The van der Waals surface area contributed by atoms with Gasteiger partial charge in [0, 0.05) is 43.7 Å². The fourth-order valence-corrected chi connectivity index (χ4v) is 5.11. The number of unbranched alkanes of at least 4 members (excludes halogenated alkanes) is 1. The van der Waals surface area contributed by atoms with Gasteiger partial charge in [0.1, 0.15) is 0 Å². The number of thiophene rings is 1. The van der Waals surface area contributed by atoms with E-state index in [0.29, 0.717) is 6.42 Å². The molecule has 0 radical (unpaired) electrons. The topological polar surface area (TPSA) is 90.8 Å². The van der Waals surface area contributed by atoms with Gasteiger partial charge in [-0.25, -0.2) is 0 Å². The lowest BCUT2D eigenvalue weighted by molar-refractivity contribution is -0.129. The monoisotopic (exact) mass is 451 g/mol. The number of nitrogens with zero attached hydrogens (tertiary/aromatic N) is 3. The van der Waals surface area contributed by atoms with E-state index < -0.39 is 10.1 Å². The lowest BCUT2D eigenvalue weighted by Gasteiger charge is -2.35. The van der Waals surface area contributed by atoms with Crippen molar-refractivity contribution in [2.24, 2.45) is 0 Å². The van der Waals surface area contributed by atoms with Crippen LogP contribution in [-0.2, 0) is 34.2 Å². The van der Waals surface area contributed by atoms with Crippen molar-refractivity contribution in [3.63, 3.8) is 0 Å². The molecule has 1 amide bonds. The second-order valence-electron chi connectivity index (χ2n) is 7.67. The van der Waals surface area contributed by atoms with Crippen molar-refractivity contribution in [2.75, 3.05) is 36.8 Å². The summed E-state index contributed by atoms with van der Waals surface area (Å²) in [6.07, 6.45) is 5.79. The minimum Gasteiger partial charge on any atom is -0.367 e. The summed E-state index contributed by atoms with van der Waals surface area (Å²) in [6.45, 7) is 4.80. The number of pyridine rings is 1. The Morgan fingerprint density at radius 3 is 2.53 bits per heavy atom. The van der Waals surface area contributed by atoms with E-state index in [-0.39, 0.29) is 11.7 Å². The molecule has 2 aromatic rings. The Kier molecular flexibility index (Phi) is 7.85. The van der Waals surface area contributed by atoms with E-state index in [1.54, 1.807) is 18.3 Å². The van der Waals surface area contributed by atoms with Gasteiger partial charge < -0.3 is 9.80 Å². The summed E-state index contributed by atoms with van der Waals surface area (Å²) in [5, 5.41) is 2.15. The molecule has 3 heterocycles. The fourth-order valence-electron chi connectivity index (χ4n) is 3.58. The molecule has 1 aliphatic heterocycles. The molecular weight excluding hydrogens is 422 g/mol. The number of aryl methyl sites for hydroxylation is 3. The molecule has 164 valence electrons. The molecule has 30 heavy (non-hydrogen) atoms. The summed E-state index contributed by atoms with van der Waals surface area (Å²) in [4.78, 5) is 21.4. The number of hydrogen-bond donors (Lipinski definition) is 1. The number of anilines is 1. The fraction of sp³-hybridized carbons (Fsp3) is 0.524. The van der Waals surface area contributed by atoms with E-state index in [9.17, 15) is 13.2 Å². The molecule has 1 N–H and O–H groups in total. The number of amides is 1. The van der Waals surface area contributed by atoms with Crippen LogP contribution in [0.25, 0.3) is 0 Å². The second-order valence-corrected chi connectivity index (χ2v) is 10.2. The van der Waals surface area contributed by atoms with Crippen molar-refractivity contribution in [1.29, 1.82) is 0 Å². The SMILES string of the molecule is CC(=O)N1CCN(c2ccc(CCc3csc(CCCCS(=O)(=O)O)c3)nc2)CC1. The highest BCUT2D eigenvalue weighted by molar-refractivity contribution is 7.85. The molecule has 0 unspecified atom stereocenters. The van der Waals surface area contributed by atoms with E-state index in [1.165, 1.54) is 10.4 Å². The van der Waals surface area contributed by atoms with Gasteiger partial charge in [-0.15, -0.1) is 11.3 Å². The van der Waals surface area contributed by atoms with Crippen molar-refractivity contribution < 1.29 is 17.8 Å². The highest BCUT2D eigenvalue weighted by atomic mass is 32.2. The first kappa shape index (κ1) is 22.7. The minimum atomic E-state index is -3.85. The summed E-state index contributed by atoms with van der Waals surface area (Å²) >= 11 is 1.70. The third kappa shape index (κ3) is 7.07. The number of rotatable bonds is 9. The van der Waals surface area contributed by atoms with Crippen LogP contribution in [0.3, 0.4) is 0 Å². The van der Waals surface area contributed by atoms with Gasteiger partial charge in [0.25, 0.3) is 10.1 Å². The number of carbonyl (C=O) groups is 1. The Morgan fingerprint density at radius 2 is 1.90 bits per heavy atom. The normalized spacial score (nSPS) is 14.9. The summed E-state index contributed by atoms with van der Waals surface area (Å²) in [5.74, 6) is -0.0305. The standard InChI is InChI=1S/C21H29N3O4S2/c1-17(25)23-9-11-24(12-10-23)20-8-7-19(22-15-20)6-5-18-14-21(29-16-18)4-2-3-13-30(26,27)28/h7-8,14-16H,2-6,9-13H2,1H3,(H,26,27,28). The van der Waals surface area contributed by atoms with Gasteiger partial charge in [-0.2, -0.15) is 8.42 Å². The maximum absolute atomic E-state index is 11.4. The van der Waals surface area contributed by atoms with Crippen LogP contribution in [0.15, 0.2) is 29.8 Å². The predicted octanol–water partition coefficient (Wildman–Crippen LogP) is 2.81. The van der Waals surface area contributed by atoms with Crippen molar-refractivity contribution in [3.05, 3.63) is 45.9 Å². The van der Waals surface area contributed by atoms with Gasteiger partial charge in [0.2, 0.25) is 5.91 Å². The summed E-state index contributed by atoms with van der Waals surface area (Å²) < 4.78 is 30.3. The molecule has 9 heteroatoms. The van der Waals surface area contributed by atoms with Crippen molar-refractivity contribution >= 4 is 33.0 Å². The number of hydrogen-bond acceptors (Lipinski definition) is 6. The average Bonchev–Trinajstić information content (AvgIpc) is 3.17. The molecule has 1 fully saturated rings. The first-order valence-corrected chi connectivity index (χ1v) is 12.8. The summed E-state index contributed by atoms with van der Waals surface area (Å²) in [5.41, 5.74) is 3.43. The van der Waals surface area contributed by atoms with E-state index in [2.05, 4.69) is 33.5 Å². The van der Waals surface area contributed by atoms with Gasteiger partial charge in [-0.1, -0.05) is 0 Å². The van der Waals surface area contributed by atoms with E-state index >= 15 is 0 Å². The van der Waals surface area contributed by atoms with Crippen molar-refractivity contribution in [1.82, 2.24) is 9.88 Å². The molecule has 0 saturated carbocycles. The van der Waals surface area contributed by atoms with E-state index in [0.717, 1.165) is 63.2 Å². The first-order chi connectivity index (χ1) is 14.3. The van der Waals surface area contributed by atoms with Crippen molar-refractivity contribution in [2.45, 2.75) is 39.0 Å². The minimum absolute atomic E-state index is 0.137. The average molecular weight is 452 g/mol. The molecule has 0 aromatic carbocycles. The lowest BCUT2D eigenvalue weighted by atomic mass is 10.1. The van der Waals surface area contributed by atoms with Gasteiger partial charge >= 0.3 is 0 Å². The Morgan fingerprint density at radius 1 is 1.13 bits per heavy atom. The van der Waals surface area contributed by atoms with Crippen LogP contribution in [0.1, 0.15) is 35.9 Å². The smallest absolute Gasteiger partial charge is 0.264 e. The third-order valence-electron chi connectivity index (χ3n) is 5.35. The number of carbonyl (C=O) groups excluding carboxylic acids is 1. The molecule has 0 atom stereocenters. The summed E-state index contributed by atoms with van der Waals surface area (Å²) in [7, 11) is -3.85. The van der Waals surface area contributed by atoms with Crippen LogP contribution in [0, 0.1) is 0 Å². The van der Waals surface area contributed by atoms with Gasteiger partial charge in [0.05, 0.1) is 17.6 Å². The van der Waals surface area contributed by atoms with Crippen LogP contribution >= 0.6 is 11.3 Å². The molecule has 0 aliphatic carbocycles. The molecule has 0 bridgehead atoms. The Bertz CT molecular complexity index is 933. The van der Waals surface area contributed by atoms with Gasteiger partial charge in [-0.3, -0.25) is 14.3 Å². The molecule has 1 saturated heterocycles. The largest absolute Gasteiger partial charge is 0.367 e. The van der Waals surface area contributed by atoms with Gasteiger partial charge in [0.15, 0.2) is 0 Å². The lowest BCUT2D eigenvalue weighted by Crippen LogP contribution is -2.48. The molecule has 3 rings (SSSR count). The molecule has 2 aromatic heterocycles. The Labute approximate surface area is 182 Å². The predicted molar refractivity (Wildman–Crippen MR) is 120 cm³/mol. The Balaban J connectivity index is 1.42. The summed E-state index contributed by atoms with van der Waals surface area (Å²) in [6, 6.07) is 6.37.